The highest BCUT2D eigenvalue weighted by Crippen LogP contribution is 2.25. The summed E-state index contributed by atoms with van der Waals surface area (Å²) in [7, 11) is 1.48. The van der Waals surface area contributed by atoms with Crippen LogP contribution in [0.3, 0.4) is 0 Å². The van der Waals surface area contributed by atoms with E-state index in [2.05, 4.69) is 36.2 Å². The Balaban J connectivity index is 2.16. The average molecular weight is 323 g/mol. The van der Waals surface area contributed by atoms with E-state index in [9.17, 15) is 14.9 Å². The van der Waals surface area contributed by atoms with Crippen molar-refractivity contribution in [2.24, 2.45) is 12.5 Å². The fraction of sp³-hybridized carbons (Fsp3) is 0.462. The molecule has 0 aliphatic rings. The summed E-state index contributed by atoms with van der Waals surface area (Å²) >= 11 is 1.29. The van der Waals surface area contributed by atoms with E-state index in [1.807, 2.05) is 5.38 Å². The van der Waals surface area contributed by atoms with Crippen molar-refractivity contribution < 1.29 is 9.72 Å². The Labute approximate surface area is 131 Å². The van der Waals surface area contributed by atoms with Gasteiger partial charge in [0, 0.05) is 12.4 Å². The van der Waals surface area contributed by atoms with Gasteiger partial charge in [0.05, 0.1) is 10.6 Å². The van der Waals surface area contributed by atoms with Crippen LogP contribution in [0, 0.1) is 15.5 Å². The van der Waals surface area contributed by atoms with E-state index in [1.165, 1.54) is 23.1 Å². The van der Waals surface area contributed by atoms with E-state index in [4.69, 9.17) is 0 Å². The minimum atomic E-state index is -0.630. The molecule has 0 spiro atoms. The van der Waals surface area contributed by atoms with Gasteiger partial charge >= 0.3 is 5.69 Å². The predicted octanol–water partition coefficient (Wildman–Crippen LogP) is 2.63. The summed E-state index contributed by atoms with van der Waals surface area (Å²) < 4.78 is 1.18. The third kappa shape index (κ3) is 3.67. The summed E-state index contributed by atoms with van der Waals surface area (Å²) in [5, 5.41) is 19.5. The van der Waals surface area contributed by atoms with Gasteiger partial charge in [-0.1, -0.05) is 20.8 Å². The molecular weight excluding hydrogens is 306 g/mol. The van der Waals surface area contributed by atoms with E-state index in [1.54, 1.807) is 0 Å². The van der Waals surface area contributed by atoms with Crippen LogP contribution in [0.4, 0.5) is 10.8 Å². The van der Waals surface area contributed by atoms with Gasteiger partial charge in [-0.25, -0.2) is 4.98 Å². The van der Waals surface area contributed by atoms with Gasteiger partial charge in [0.25, 0.3) is 5.91 Å². The molecule has 0 saturated heterocycles. The molecule has 22 heavy (non-hydrogen) atoms. The van der Waals surface area contributed by atoms with Crippen molar-refractivity contribution in [1.82, 2.24) is 14.8 Å². The van der Waals surface area contributed by atoms with Gasteiger partial charge in [-0.2, -0.15) is 5.10 Å². The number of carbonyl (C=O) groups is 1. The first-order valence-electron chi connectivity index (χ1n) is 6.59. The lowest BCUT2D eigenvalue weighted by molar-refractivity contribution is -0.385. The van der Waals surface area contributed by atoms with Crippen LogP contribution < -0.4 is 5.32 Å². The van der Waals surface area contributed by atoms with Gasteiger partial charge in [0.1, 0.15) is 6.20 Å². The van der Waals surface area contributed by atoms with Crippen LogP contribution in [-0.2, 0) is 13.5 Å². The number of thiazole rings is 1. The summed E-state index contributed by atoms with van der Waals surface area (Å²) in [5.74, 6) is -0.594. The molecule has 2 rings (SSSR count). The predicted molar refractivity (Wildman–Crippen MR) is 83.1 cm³/mol. The molecule has 2 aromatic rings. The van der Waals surface area contributed by atoms with Crippen LogP contribution in [0.25, 0.3) is 0 Å². The Hall–Kier alpha value is -2.29. The summed E-state index contributed by atoms with van der Waals surface area (Å²) in [4.78, 5) is 26.8. The molecule has 2 heterocycles. The summed E-state index contributed by atoms with van der Waals surface area (Å²) in [6.45, 7) is 6.30. The second kappa shape index (κ2) is 5.84. The molecule has 0 aliphatic heterocycles. The van der Waals surface area contributed by atoms with Crippen molar-refractivity contribution in [2.75, 3.05) is 5.32 Å². The third-order valence-electron chi connectivity index (χ3n) is 2.81. The molecule has 0 aromatic carbocycles. The molecule has 0 radical (unpaired) electrons. The van der Waals surface area contributed by atoms with Crippen LogP contribution in [0.2, 0.25) is 0 Å². The van der Waals surface area contributed by atoms with Crippen molar-refractivity contribution in [1.29, 1.82) is 0 Å². The monoisotopic (exact) mass is 323 g/mol. The first kappa shape index (κ1) is 16.1. The molecular formula is C13H17N5O3S. The number of aromatic nitrogens is 3. The first-order valence-corrected chi connectivity index (χ1v) is 7.47. The van der Waals surface area contributed by atoms with Gasteiger partial charge in [-0.15, -0.1) is 11.3 Å². The number of hydrogen-bond donors (Lipinski definition) is 1. The van der Waals surface area contributed by atoms with Crippen LogP contribution >= 0.6 is 11.3 Å². The second-order valence-electron chi connectivity index (χ2n) is 6.09. The molecule has 0 saturated carbocycles. The molecule has 0 aliphatic carbocycles. The lowest BCUT2D eigenvalue weighted by Gasteiger charge is -2.15. The number of nitrogens with zero attached hydrogens (tertiary/aromatic N) is 4. The third-order valence-corrected chi connectivity index (χ3v) is 3.62. The second-order valence-corrected chi connectivity index (χ2v) is 6.95. The molecule has 0 fully saturated rings. The smallest absolute Gasteiger partial charge is 0.296 e. The highest BCUT2D eigenvalue weighted by atomic mass is 32.1. The first-order chi connectivity index (χ1) is 10.2. The Bertz CT molecular complexity index is 714. The molecule has 0 bridgehead atoms. The van der Waals surface area contributed by atoms with Crippen molar-refractivity contribution in [3.63, 3.8) is 0 Å². The van der Waals surface area contributed by atoms with Crippen molar-refractivity contribution in [3.05, 3.63) is 33.1 Å². The number of nitro groups is 1. The number of carbonyl (C=O) groups excluding carboxylic acids is 1. The lowest BCUT2D eigenvalue weighted by Crippen LogP contribution is -2.17. The molecule has 8 nitrogen and oxygen atoms in total. The molecule has 118 valence electrons. The average Bonchev–Trinajstić information content (AvgIpc) is 2.93. The minimum absolute atomic E-state index is 0.0934. The maximum absolute atomic E-state index is 12.2. The maximum atomic E-state index is 12.2. The van der Waals surface area contributed by atoms with Gasteiger partial charge in [-0.05, 0) is 11.8 Å². The zero-order chi connectivity index (χ0) is 16.5. The van der Waals surface area contributed by atoms with Crippen LogP contribution in [0.15, 0.2) is 11.6 Å². The van der Waals surface area contributed by atoms with E-state index < -0.39 is 10.8 Å². The zero-order valence-corrected chi connectivity index (χ0v) is 13.6. The van der Waals surface area contributed by atoms with Crippen LogP contribution in [0.5, 0.6) is 0 Å². The van der Waals surface area contributed by atoms with E-state index in [-0.39, 0.29) is 16.8 Å². The van der Waals surface area contributed by atoms with Gasteiger partial charge in [0.15, 0.2) is 5.13 Å². The summed E-state index contributed by atoms with van der Waals surface area (Å²) in [6, 6.07) is 0. The SMILES string of the molecule is Cn1ncc([N+](=O)[O-])c1C(=O)Nc1nc(CC(C)(C)C)cs1. The Kier molecular flexibility index (Phi) is 4.27. The standard InChI is InChI=1S/C13H17N5O3S/c1-13(2,3)5-8-7-22-12(15-8)16-11(19)10-9(18(20)21)6-14-17(10)4/h6-7H,5H2,1-4H3,(H,15,16,19). The van der Waals surface area contributed by atoms with Crippen molar-refractivity contribution in [2.45, 2.75) is 27.2 Å². The maximum Gasteiger partial charge on any atom is 0.320 e. The van der Waals surface area contributed by atoms with Gasteiger partial charge < -0.3 is 0 Å². The fourth-order valence-corrected chi connectivity index (χ4v) is 2.67. The molecule has 2 aromatic heterocycles. The van der Waals surface area contributed by atoms with E-state index in [0.29, 0.717) is 5.13 Å². The Morgan fingerprint density at radius 2 is 2.18 bits per heavy atom. The minimum Gasteiger partial charge on any atom is -0.296 e. The highest BCUT2D eigenvalue weighted by molar-refractivity contribution is 7.14. The van der Waals surface area contributed by atoms with Crippen molar-refractivity contribution >= 4 is 28.1 Å². The van der Waals surface area contributed by atoms with Crippen LogP contribution in [-0.4, -0.2) is 25.6 Å². The number of amides is 1. The summed E-state index contributed by atoms with van der Waals surface area (Å²) in [5.41, 5.74) is 0.548. The number of aryl methyl sites for hydroxylation is 1. The van der Waals surface area contributed by atoms with Gasteiger partial charge in [0.2, 0.25) is 5.69 Å². The van der Waals surface area contributed by atoms with Gasteiger partial charge in [-0.3, -0.25) is 24.9 Å². The fourth-order valence-electron chi connectivity index (χ4n) is 1.97. The Morgan fingerprint density at radius 3 is 2.77 bits per heavy atom. The lowest BCUT2D eigenvalue weighted by atomic mass is 9.91. The zero-order valence-electron chi connectivity index (χ0n) is 12.8. The highest BCUT2D eigenvalue weighted by Gasteiger charge is 2.26. The normalized spacial score (nSPS) is 11.5. The van der Waals surface area contributed by atoms with Crippen molar-refractivity contribution in [3.8, 4) is 0 Å². The molecule has 0 atom stereocenters. The summed E-state index contributed by atoms with van der Waals surface area (Å²) in [6.07, 6.45) is 1.84. The van der Waals surface area contributed by atoms with Crippen LogP contribution in [0.1, 0.15) is 37.0 Å². The number of nitrogens with one attached hydrogen (secondary N) is 1. The topological polar surface area (TPSA) is 103 Å². The van der Waals surface area contributed by atoms with E-state index >= 15 is 0 Å². The molecule has 1 N–H and O–H groups in total. The molecule has 0 unspecified atom stereocenters. The number of anilines is 1. The number of hydrogen-bond acceptors (Lipinski definition) is 6. The Morgan fingerprint density at radius 1 is 1.50 bits per heavy atom. The van der Waals surface area contributed by atoms with E-state index in [0.717, 1.165) is 18.3 Å². The largest absolute Gasteiger partial charge is 0.320 e. The number of rotatable bonds is 4. The molecule has 9 heteroatoms. The quantitative estimate of drug-likeness (QED) is 0.688. The molecule has 1 amide bonds.